The number of nitriles is 1. The minimum atomic E-state index is -4.64. The molecule has 38 heavy (non-hydrogen) atoms. The second kappa shape index (κ2) is 10.3. The standard InChI is InChI=1S/C27H29F3N6O2/c1-34-10-3-4-21(34)26(37)36-12-7-17(16-36)9-13-38-22-6-5-18(14-20(22)27(28,29)30)24-19-8-11-35(2)25(19)33-23(15-31)32-24/h5-6,8,11,14,17,21H,3-4,7,9-10,12-13,16H2,1-2H3/t17?,21-/m0/s1. The van der Waals surface area contributed by atoms with Crippen LogP contribution in [0.25, 0.3) is 22.3 Å². The van der Waals surface area contributed by atoms with Crippen LogP contribution in [0, 0.1) is 17.2 Å². The van der Waals surface area contributed by atoms with Gasteiger partial charge in [0.2, 0.25) is 11.7 Å². The number of likely N-dealkylation sites (N-methyl/N-ethyl adjacent to an activating group) is 1. The van der Waals surface area contributed by atoms with Gasteiger partial charge in [0, 0.05) is 37.3 Å². The van der Waals surface area contributed by atoms with Gasteiger partial charge in [-0.1, -0.05) is 0 Å². The maximum atomic E-state index is 14.0. The zero-order valence-corrected chi connectivity index (χ0v) is 21.3. The Morgan fingerprint density at radius 3 is 2.71 bits per heavy atom. The number of alkyl halides is 3. The van der Waals surface area contributed by atoms with E-state index in [1.165, 1.54) is 12.1 Å². The van der Waals surface area contributed by atoms with Crippen LogP contribution >= 0.6 is 0 Å². The molecule has 0 saturated carbocycles. The van der Waals surface area contributed by atoms with Crippen molar-refractivity contribution >= 4 is 16.9 Å². The van der Waals surface area contributed by atoms with Crippen LogP contribution in [-0.2, 0) is 18.0 Å². The van der Waals surface area contributed by atoms with Crippen molar-refractivity contribution in [3.05, 3.63) is 41.9 Å². The van der Waals surface area contributed by atoms with Crippen LogP contribution in [-0.4, -0.2) is 69.6 Å². The molecule has 200 valence electrons. The van der Waals surface area contributed by atoms with E-state index >= 15 is 0 Å². The number of benzene rings is 1. The molecule has 0 aliphatic carbocycles. The lowest BCUT2D eigenvalue weighted by Gasteiger charge is -2.25. The normalized spacial score (nSPS) is 20.3. The van der Waals surface area contributed by atoms with Crippen LogP contribution in [0.5, 0.6) is 5.75 Å². The number of aromatic nitrogens is 3. The van der Waals surface area contributed by atoms with Gasteiger partial charge in [-0.25, -0.2) is 9.97 Å². The lowest BCUT2D eigenvalue weighted by atomic mass is 10.0. The molecule has 2 aromatic heterocycles. The topological polar surface area (TPSA) is 87.3 Å². The molecule has 0 bridgehead atoms. The molecule has 0 spiro atoms. The number of carbonyl (C=O) groups excluding carboxylic acids is 1. The van der Waals surface area contributed by atoms with Crippen LogP contribution < -0.4 is 4.74 Å². The largest absolute Gasteiger partial charge is 0.493 e. The van der Waals surface area contributed by atoms with E-state index < -0.39 is 11.7 Å². The second-order valence-electron chi connectivity index (χ2n) is 10.1. The zero-order valence-electron chi connectivity index (χ0n) is 21.3. The van der Waals surface area contributed by atoms with Crippen molar-refractivity contribution in [2.75, 3.05) is 33.3 Å². The average molecular weight is 527 g/mol. The van der Waals surface area contributed by atoms with Crippen molar-refractivity contribution in [3.63, 3.8) is 0 Å². The van der Waals surface area contributed by atoms with Gasteiger partial charge < -0.3 is 14.2 Å². The maximum absolute atomic E-state index is 14.0. The summed E-state index contributed by atoms with van der Waals surface area (Å²) < 4.78 is 49.4. The number of halogens is 3. The Labute approximate surface area is 218 Å². The lowest BCUT2D eigenvalue weighted by Crippen LogP contribution is -2.43. The molecular weight excluding hydrogens is 497 g/mol. The highest BCUT2D eigenvalue weighted by Gasteiger charge is 2.36. The summed E-state index contributed by atoms with van der Waals surface area (Å²) in [7, 11) is 3.71. The fourth-order valence-electron chi connectivity index (χ4n) is 5.47. The number of hydrogen-bond donors (Lipinski definition) is 0. The molecule has 0 N–H and O–H groups in total. The number of aryl methyl sites for hydroxylation is 1. The molecule has 2 fully saturated rings. The van der Waals surface area contributed by atoms with Crippen molar-refractivity contribution in [2.24, 2.45) is 13.0 Å². The van der Waals surface area contributed by atoms with Gasteiger partial charge in [0.15, 0.2) is 0 Å². The number of likely N-dealkylation sites (tertiary alicyclic amines) is 2. The Morgan fingerprint density at radius 2 is 2.00 bits per heavy atom. The average Bonchev–Trinajstić information content (AvgIpc) is 3.63. The highest BCUT2D eigenvalue weighted by Crippen LogP contribution is 2.40. The number of hydrogen-bond acceptors (Lipinski definition) is 6. The molecule has 8 nitrogen and oxygen atoms in total. The van der Waals surface area contributed by atoms with Crippen LogP contribution in [0.3, 0.4) is 0 Å². The monoisotopic (exact) mass is 526 g/mol. The highest BCUT2D eigenvalue weighted by atomic mass is 19.4. The Bertz CT molecular complexity index is 1400. The molecule has 2 saturated heterocycles. The van der Waals surface area contributed by atoms with Gasteiger partial charge in [-0.05, 0) is 69.5 Å². The summed E-state index contributed by atoms with van der Waals surface area (Å²) in [6.07, 6.45) is 0.347. The van der Waals surface area contributed by atoms with Crippen molar-refractivity contribution in [2.45, 2.75) is 37.9 Å². The number of fused-ring (bicyclic) bond motifs is 1. The van der Waals surface area contributed by atoms with E-state index in [1.807, 2.05) is 18.0 Å². The van der Waals surface area contributed by atoms with Crippen LogP contribution in [0.1, 0.15) is 37.1 Å². The van der Waals surface area contributed by atoms with Crippen molar-refractivity contribution in [1.82, 2.24) is 24.3 Å². The first-order chi connectivity index (χ1) is 18.2. The SMILES string of the molecule is CN1CCC[C@H]1C(=O)N1CCC(CCOc2ccc(-c3nc(C#N)nc4c3ccn4C)cc2C(F)(F)F)C1. The minimum Gasteiger partial charge on any atom is -0.493 e. The van der Waals surface area contributed by atoms with E-state index in [9.17, 15) is 23.2 Å². The number of carbonyl (C=O) groups is 1. The number of ether oxygens (including phenoxy) is 1. The van der Waals surface area contributed by atoms with Gasteiger partial charge in [0.25, 0.3) is 0 Å². The Kier molecular flexibility index (Phi) is 7.01. The summed E-state index contributed by atoms with van der Waals surface area (Å²) in [6, 6.07) is 7.37. The molecule has 0 radical (unpaired) electrons. The molecule has 2 aliphatic rings. The third-order valence-electron chi connectivity index (χ3n) is 7.57. The number of nitrogens with zero attached hydrogens (tertiary/aromatic N) is 6. The van der Waals surface area contributed by atoms with Gasteiger partial charge in [-0.15, -0.1) is 0 Å². The van der Waals surface area contributed by atoms with Crippen molar-refractivity contribution in [1.29, 1.82) is 5.26 Å². The van der Waals surface area contributed by atoms with Crippen LogP contribution in [0.15, 0.2) is 30.5 Å². The molecule has 2 atom stereocenters. The first-order valence-corrected chi connectivity index (χ1v) is 12.7. The Balaban J connectivity index is 1.29. The number of amides is 1. The second-order valence-corrected chi connectivity index (χ2v) is 10.1. The minimum absolute atomic E-state index is 0.0610. The Hall–Kier alpha value is -3.65. The summed E-state index contributed by atoms with van der Waals surface area (Å²) in [6.45, 7) is 2.33. The van der Waals surface area contributed by atoms with E-state index in [-0.39, 0.29) is 47.3 Å². The van der Waals surface area contributed by atoms with E-state index in [4.69, 9.17) is 4.74 Å². The molecule has 4 heterocycles. The molecule has 1 aromatic carbocycles. The van der Waals surface area contributed by atoms with E-state index in [1.54, 1.807) is 23.9 Å². The fraction of sp³-hybridized carbons (Fsp3) is 0.481. The first-order valence-electron chi connectivity index (χ1n) is 12.7. The Morgan fingerprint density at radius 1 is 1.18 bits per heavy atom. The third-order valence-corrected chi connectivity index (χ3v) is 7.57. The van der Waals surface area contributed by atoms with Crippen LogP contribution in [0.4, 0.5) is 13.2 Å². The predicted octanol–water partition coefficient (Wildman–Crippen LogP) is 4.24. The van der Waals surface area contributed by atoms with E-state index in [2.05, 4.69) is 14.9 Å². The highest BCUT2D eigenvalue weighted by molar-refractivity contribution is 5.91. The number of rotatable bonds is 6. The molecule has 5 rings (SSSR count). The van der Waals surface area contributed by atoms with Crippen LogP contribution in [0.2, 0.25) is 0 Å². The summed E-state index contributed by atoms with van der Waals surface area (Å²) in [5.74, 6) is -0.0262. The molecule has 1 amide bonds. The predicted molar refractivity (Wildman–Crippen MR) is 134 cm³/mol. The van der Waals surface area contributed by atoms with Crippen molar-refractivity contribution < 1.29 is 22.7 Å². The molecule has 11 heteroatoms. The van der Waals surface area contributed by atoms with Gasteiger partial charge in [-0.3, -0.25) is 9.69 Å². The summed E-state index contributed by atoms with van der Waals surface area (Å²) in [5.41, 5.74) is 0.0437. The summed E-state index contributed by atoms with van der Waals surface area (Å²) in [4.78, 5) is 25.2. The molecule has 3 aromatic rings. The molecule has 2 aliphatic heterocycles. The molecular formula is C27H29F3N6O2. The zero-order chi connectivity index (χ0) is 27.0. The van der Waals surface area contributed by atoms with Gasteiger partial charge in [0.1, 0.15) is 17.5 Å². The van der Waals surface area contributed by atoms with E-state index in [0.717, 1.165) is 31.9 Å². The van der Waals surface area contributed by atoms with E-state index in [0.29, 0.717) is 30.5 Å². The quantitative estimate of drug-likeness (QED) is 0.478. The molecule has 1 unspecified atom stereocenters. The summed E-state index contributed by atoms with van der Waals surface area (Å²) >= 11 is 0. The maximum Gasteiger partial charge on any atom is 0.419 e. The third kappa shape index (κ3) is 5.05. The fourth-order valence-corrected chi connectivity index (χ4v) is 5.47. The lowest BCUT2D eigenvalue weighted by molar-refractivity contribution is -0.139. The van der Waals surface area contributed by atoms with Gasteiger partial charge in [0.05, 0.1) is 23.9 Å². The first kappa shape index (κ1) is 26.0. The summed E-state index contributed by atoms with van der Waals surface area (Å²) in [5, 5.41) is 9.87. The van der Waals surface area contributed by atoms with Gasteiger partial charge in [-0.2, -0.15) is 18.4 Å². The van der Waals surface area contributed by atoms with Gasteiger partial charge >= 0.3 is 6.18 Å². The smallest absolute Gasteiger partial charge is 0.419 e. The van der Waals surface area contributed by atoms with Crippen molar-refractivity contribution in [3.8, 4) is 23.1 Å².